The van der Waals surface area contributed by atoms with Crippen LogP contribution < -0.4 is 10.1 Å². The van der Waals surface area contributed by atoms with E-state index in [0.29, 0.717) is 0 Å². The number of urea groups is 1. The Morgan fingerprint density at radius 3 is 2.58 bits per heavy atom. The maximum Gasteiger partial charge on any atom is 0.320 e. The number of aryl methyl sites for hydroxylation is 1. The first-order chi connectivity index (χ1) is 9.15. The van der Waals surface area contributed by atoms with E-state index >= 15 is 0 Å². The van der Waals surface area contributed by atoms with E-state index < -0.39 is 0 Å². The lowest BCUT2D eigenvalue weighted by Gasteiger charge is -2.30. The number of piperidine rings is 1. The number of amides is 2. The molecule has 4 nitrogen and oxygen atoms in total. The third-order valence-corrected chi connectivity index (χ3v) is 3.55. The molecule has 0 aliphatic carbocycles. The van der Waals surface area contributed by atoms with Crippen molar-refractivity contribution in [1.29, 1.82) is 0 Å². The highest BCUT2D eigenvalue weighted by atomic mass is 16.5. The summed E-state index contributed by atoms with van der Waals surface area (Å²) in [4.78, 5) is 13.7. The Balaban J connectivity index is 1.70. The average Bonchev–Trinajstić information content (AvgIpc) is 2.41. The molecule has 0 atom stereocenters. The average molecular weight is 262 g/mol. The van der Waals surface area contributed by atoms with E-state index in [0.717, 1.165) is 37.6 Å². The van der Waals surface area contributed by atoms with Gasteiger partial charge in [0, 0.05) is 13.1 Å². The van der Waals surface area contributed by atoms with Crippen LogP contribution >= 0.6 is 0 Å². The van der Waals surface area contributed by atoms with Crippen LogP contribution in [0.2, 0.25) is 0 Å². The molecule has 1 heterocycles. The van der Waals surface area contributed by atoms with Crippen LogP contribution in [-0.2, 0) is 0 Å². The molecule has 104 valence electrons. The molecule has 2 rings (SSSR count). The van der Waals surface area contributed by atoms with Gasteiger partial charge in [-0.2, -0.15) is 0 Å². The fraction of sp³-hybridized carbons (Fsp3) is 0.533. The van der Waals surface area contributed by atoms with Crippen molar-refractivity contribution in [3.63, 3.8) is 0 Å². The fourth-order valence-electron chi connectivity index (χ4n) is 2.14. The minimum Gasteiger partial charge on any atom is -0.473 e. The van der Waals surface area contributed by atoms with Gasteiger partial charge in [-0.1, -0.05) is 24.6 Å². The summed E-state index contributed by atoms with van der Waals surface area (Å²) in [6.07, 6.45) is 2.18. The summed E-state index contributed by atoms with van der Waals surface area (Å²) in [5, 5.41) is 2.80. The topological polar surface area (TPSA) is 41.6 Å². The van der Waals surface area contributed by atoms with Crippen molar-refractivity contribution >= 4 is 6.03 Å². The minimum atomic E-state index is -0.0287. The summed E-state index contributed by atoms with van der Waals surface area (Å²) in [6, 6.07) is 7.76. The number of benzene rings is 1. The number of nitrogens with one attached hydrogen (secondary N) is 1. The second-order valence-corrected chi connectivity index (χ2v) is 5.25. The van der Waals surface area contributed by atoms with Crippen LogP contribution in [0.3, 0.4) is 0 Å². The van der Waals surface area contributed by atoms with Gasteiger partial charge in [0.2, 0.25) is 0 Å². The van der Waals surface area contributed by atoms with Crippen molar-refractivity contribution in [3.05, 3.63) is 29.8 Å². The fourth-order valence-corrected chi connectivity index (χ4v) is 2.14. The largest absolute Gasteiger partial charge is 0.473 e. The van der Waals surface area contributed by atoms with E-state index in [1.54, 1.807) is 0 Å². The molecule has 1 N–H and O–H groups in total. The monoisotopic (exact) mass is 262 g/mol. The Labute approximate surface area is 114 Å². The zero-order valence-corrected chi connectivity index (χ0v) is 11.7. The molecule has 0 radical (unpaired) electrons. The number of carbonyl (C=O) groups is 1. The Hall–Kier alpha value is -1.71. The molecule has 1 saturated heterocycles. The third kappa shape index (κ3) is 4.16. The highest BCUT2D eigenvalue weighted by Gasteiger charge is 2.19. The van der Waals surface area contributed by atoms with Gasteiger partial charge in [0.05, 0.1) is 0 Å². The van der Waals surface area contributed by atoms with Crippen LogP contribution in [0, 0.1) is 12.8 Å². The summed E-state index contributed by atoms with van der Waals surface area (Å²) >= 11 is 0. The molecule has 0 bridgehead atoms. The van der Waals surface area contributed by atoms with Crippen molar-refractivity contribution in [2.75, 3.05) is 19.8 Å². The number of hydrogen-bond donors (Lipinski definition) is 1. The summed E-state index contributed by atoms with van der Waals surface area (Å²) in [5.41, 5.74) is 1.19. The van der Waals surface area contributed by atoms with Crippen molar-refractivity contribution in [1.82, 2.24) is 10.2 Å². The summed E-state index contributed by atoms with van der Waals surface area (Å²) in [5.74, 6) is 1.51. The third-order valence-electron chi connectivity index (χ3n) is 3.55. The molecule has 1 aliphatic rings. The molecule has 1 aromatic rings. The molecular weight excluding hydrogens is 240 g/mol. The Bertz CT molecular complexity index is 409. The predicted molar refractivity (Wildman–Crippen MR) is 75.2 cm³/mol. The minimum absolute atomic E-state index is 0.0287. The van der Waals surface area contributed by atoms with Gasteiger partial charge in [-0.05, 0) is 37.8 Å². The lowest BCUT2D eigenvalue weighted by atomic mass is 10.00. The highest BCUT2D eigenvalue weighted by molar-refractivity contribution is 5.74. The Morgan fingerprint density at radius 1 is 1.32 bits per heavy atom. The number of rotatable bonds is 3. The van der Waals surface area contributed by atoms with Gasteiger partial charge in [0.25, 0.3) is 0 Å². The number of carbonyl (C=O) groups excluding carboxylic acids is 1. The number of nitrogens with zero attached hydrogens (tertiary/aromatic N) is 1. The van der Waals surface area contributed by atoms with Crippen LogP contribution in [0.4, 0.5) is 4.79 Å². The van der Waals surface area contributed by atoms with Crippen LogP contribution in [0.25, 0.3) is 0 Å². The molecule has 1 aliphatic heterocycles. The molecule has 19 heavy (non-hydrogen) atoms. The zero-order chi connectivity index (χ0) is 13.7. The Morgan fingerprint density at radius 2 is 1.95 bits per heavy atom. The van der Waals surface area contributed by atoms with E-state index in [1.807, 2.05) is 36.1 Å². The SMILES string of the molecule is Cc1ccc(OCNC(=O)N2CCC(C)CC2)cc1. The van der Waals surface area contributed by atoms with Crippen molar-refractivity contribution < 1.29 is 9.53 Å². The summed E-state index contributed by atoms with van der Waals surface area (Å²) in [7, 11) is 0. The van der Waals surface area contributed by atoms with Crippen molar-refractivity contribution in [2.45, 2.75) is 26.7 Å². The van der Waals surface area contributed by atoms with E-state index in [-0.39, 0.29) is 12.8 Å². The molecule has 0 unspecified atom stereocenters. The standard InChI is InChI=1S/C15H22N2O2/c1-12-3-5-14(6-4-12)19-11-16-15(18)17-9-7-13(2)8-10-17/h3-6,13H,7-11H2,1-2H3,(H,16,18). The number of likely N-dealkylation sites (tertiary alicyclic amines) is 1. The van der Waals surface area contributed by atoms with E-state index in [1.165, 1.54) is 5.56 Å². The van der Waals surface area contributed by atoms with E-state index in [4.69, 9.17) is 4.74 Å². The molecule has 1 aromatic carbocycles. The predicted octanol–water partition coefficient (Wildman–Crippen LogP) is 2.77. The van der Waals surface area contributed by atoms with Crippen LogP contribution in [0.1, 0.15) is 25.3 Å². The van der Waals surface area contributed by atoms with Gasteiger partial charge in [-0.15, -0.1) is 0 Å². The first kappa shape index (κ1) is 13.7. The molecule has 0 saturated carbocycles. The van der Waals surface area contributed by atoms with Gasteiger partial charge in [-0.25, -0.2) is 4.79 Å². The molecule has 1 fully saturated rings. The van der Waals surface area contributed by atoms with Gasteiger partial charge in [0.15, 0.2) is 6.73 Å². The van der Waals surface area contributed by atoms with Gasteiger partial charge < -0.3 is 15.0 Å². The summed E-state index contributed by atoms with van der Waals surface area (Å²) < 4.78 is 5.48. The maximum atomic E-state index is 11.9. The zero-order valence-electron chi connectivity index (χ0n) is 11.7. The molecule has 4 heteroatoms. The van der Waals surface area contributed by atoms with Gasteiger partial charge >= 0.3 is 6.03 Å². The lowest BCUT2D eigenvalue weighted by molar-refractivity contribution is 0.164. The second kappa shape index (κ2) is 6.45. The van der Waals surface area contributed by atoms with Crippen LogP contribution in [0.15, 0.2) is 24.3 Å². The molecule has 0 aromatic heterocycles. The highest BCUT2D eigenvalue weighted by Crippen LogP contribution is 2.15. The smallest absolute Gasteiger partial charge is 0.320 e. The van der Waals surface area contributed by atoms with E-state index in [9.17, 15) is 4.79 Å². The van der Waals surface area contributed by atoms with Gasteiger partial charge in [-0.3, -0.25) is 0 Å². The quantitative estimate of drug-likeness (QED) is 0.851. The summed E-state index contributed by atoms with van der Waals surface area (Å²) in [6.45, 7) is 6.17. The molecule has 0 spiro atoms. The first-order valence-corrected chi connectivity index (χ1v) is 6.87. The maximum absolute atomic E-state index is 11.9. The number of ether oxygens (including phenoxy) is 1. The van der Waals surface area contributed by atoms with Crippen LogP contribution in [-0.4, -0.2) is 30.8 Å². The Kier molecular flexibility index (Phi) is 4.66. The van der Waals surface area contributed by atoms with Crippen molar-refractivity contribution in [3.8, 4) is 5.75 Å². The van der Waals surface area contributed by atoms with E-state index in [2.05, 4.69) is 12.2 Å². The van der Waals surface area contributed by atoms with Gasteiger partial charge in [0.1, 0.15) is 5.75 Å². The number of hydrogen-bond acceptors (Lipinski definition) is 2. The second-order valence-electron chi connectivity index (χ2n) is 5.25. The van der Waals surface area contributed by atoms with Crippen molar-refractivity contribution in [2.24, 2.45) is 5.92 Å². The first-order valence-electron chi connectivity index (χ1n) is 6.87. The molecular formula is C15H22N2O2. The lowest BCUT2D eigenvalue weighted by Crippen LogP contribution is -2.45. The molecule has 2 amide bonds. The van der Waals surface area contributed by atoms with Crippen LogP contribution in [0.5, 0.6) is 5.75 Å². The normalized spacial score (nSPS) is 16.2.